The summed E-state index contributed by atoms with van der Waals surface area (Å²) in [6.07, 6.45) is 4.12. The van der Waals surface area contributed by atoms with Gasteiger partial charge in [-0.2, -0.15) is 0 Å². The Morgan fingerprint density at radius 2 is 1.55 bits per heavy atom. The molecule has 0 N–H and O–H groups in total. The number of hydrogen-bond acceptors (Lipinski definition) is 1. The molecule has 1 nitrogen and oxygen atoms in total. The van der Waals surface area contributed by atoms with Gasteiger partial charge in [0.25, 0.3) is 0 Å². The standard InChI is InChI=1S/C8H15O.HI.Mg/c1-7(2)8(9)5-3-4-6-8;;/h7H,3-6H2,1-2H3;1H;/q-1;;+2/p-1. The van der Waals surface area contributed by atoms with Crippen LogP contribution in [0.1, 0.15) is 39.5 Å². The van der Waals surface area contributed by atoms with Gasteiger partial charge >= 0.3 is 23.1 Å². The minimum Gasteiger partial charge on any atom is -1.00 e. The van der Waals surface area contributed by atoms with Crippen LogP contribution in [-0.4, -0.2) is 28.7 Å². The fraction of sp³-hybridized carbons (Fsp3) is 1.00. The van der Waals surface area contributed by atoms with Gasteiger partial charge in [0.15, 0.2) is 0 Å². The number of halogens is 1. The zero-order chi connectivity index (χ0) is 6.91. The van der Waals surface area contributed by atoms with E-state index in [0.29, 0.717) is 5.92 Å². The van der Waals surface area contributed by atoms with Gasteiger partial charge in [-0.1, -0.05) is 45.4 Å². The second kappa shape index (κ2) is 5.99. The molecule has 1 rings (SSSR count). The maximum absolute atomic E-state index is 11.6. The van der Waals surface area contributed by atoms with Gasteiger partial charge < -0.3 is 29.1 Å². The summed E-state index contributed by atoms with van der Waals surface area (Å²) >= 11 is 0. The minimum atomic E-state index is -0.556. The van der Waals surface area contributed by atoms with Crippen molar-refractivity contribution in [1.29, 1.82) is 0 Å². The van der Waals surface area contributed by atoms with Gasteiger partial charge in [0.05, 0.1) is 0 Å². The van der Waals surface area contributed by atoms with E-state index in [1.807, 2.05) is 13.8 Å². The fourth-order valence-electron chi connectivity index (χ4n) is 1.55. The van der Waals surface area contributed by atoms with Gasteiger partial charge in [0, 0.05) is 0 Å². The van der Waals surface area contributed by atoms with Crippen molar-refractivity contribution in [3.8, 4) is 0 Å². The van der Waals surface area contributed by atoms with Gasteiger partial charge in [-0.3, -0.25) is 0 Å². The maximum atomic E-state index is 11.6. The normalized spacial score (nSPS) is 20.7. The Morgan fingerprint density at radius 3 is 1.73 bits per heavy atom. The van der Waals surface area contributed by atoms with E-state index in [9.17, 15) is 5.11 Å². The molecule has 0 aromatic heterocycles. The first kappa shape index (κ1) is 15.0. The van der Waals surface area contributed by atoms with Crippen LogP contribution in [-0.2, 0) is 0 Å². The van der Waals surface area contributed by atoms with Crippen LogP contribution in [0.15, 0.2) is 0 Å². The van der Waals surface area contributed by atoms with Crippen LogP contribution in [0.3, 0.4) is 0 Å². The third-order valence-electron chi connectivity index (χ3n) is 2.50. The fourth-order valence-corrected chi connectivity index (χ4v) is 1.55. The Morgan fingerprint density at radius 1 is 1.18 bits per heavy atom. The molecule has 0 bridgehead atoms. The molecule has 1 aliphatic rings. The van der Waals surface area contributed by atoms with Crippen LogP contribution >= 0.6 is 0 Å². The van der Waals surface area contributed by atoms with Crippen molar-refractivity contribution in [3.05, 3.63) is 0 Å². The van der Waals surface area contributed by atoms with Crippen molar-refractivity contribution in [2.24, 2.45) is 5.92 Å². The van der Waals surface area contributed by atoms with Crippen LogP contribution in [0.5, 0.6) is 0 Å². The van der Waals surface area contributed by atoms with Crippen LogP contribution < -0.4 is 29.1 Å². The first-order valence-corrected chi connectivity index (χ1v) is 3.85. The molecule has 0 atom stereocenters. The molecule has 1 saturated carbocycles. The Hall–Kier alpha value is 1.46. The maximum Gasteiger partial charge on any atom is 2.00 e. The van der Waals surface area contributed by atoms with Crippen LogP contribution in [0.25, 0.3) is 0 Å². The predicted octanol–water partition coefficient (Wildman–Crippen LogP) is -2.06. The average Bonchev–Trinajstić information content (AvgIpc) is 2.16. The summed E-state index contributed by atoms with van der Waals surface area (Å²) in [5.41, 5.74) is -0.556. The average molecular weight is 278 g/mol. The molecule has 0 radical (unpaired) electrons. The molecule has 0 amide bonds. The minimum absolute atomic E-state index is 0. The van der Waals surface area contributed by atoms with Crippen molar-refractivity contribution < 1.29 is 29.1 Å². The summed E-state index contributed by atoms with van der Waals surface area (Å²) in [6, 6.07) is 0. The van der Waals surface area contributed by atoms with E-state index in [0.717, 1.165) is 25.7 Å². The molecular weight excluding hydrogens is 263 g/mol. The Balaban J connectivity index is 0. The van der Waals surface area contributed by atoms with Crippen molar-refractivity contribution in [2.45, 2.75) is 45.1 Å². The molecule has 0 aliphatic heterocycles. The molecule has 3 heteroatoms. The van der Waals surface area contributed by atoms with Crippen molar-refractivity contribution >= 4 is 23.1 Å². The van der Waals surface area contributed by atoms with Gasteiger partial charge in [-0.15, -0.1) is 5.60 Å². The Bertz CT molecular complexity index is 100. The largest absolute Gasteiger partial charge is 2.00 e. The summed E-state index contributed by atoms with van der Waals surface area (Å²) in [6.45, 7) is 4.08. The first-order valence-electron chi connectivity index (χ1n) is 3.85. The van der Waals surface area contributed by atoms with E-state index < -0.39 is 5.60 Å². The predicted molar refractivity (Wildman–Crippen MR) is 41.8 cm³/mol. The zero-order valence-corrected chi connectivity index (χ0v) is 11.0. The van der Waals surface area contributed by atoms with E-state index in [2.05, 4.69) is 0 Å². The van der Waals surface area contributed by atoms with E-state index in [4.69, 9.17) is 0 Å². The molecule has 11 heavy (non-hydrogen) atoms. The van der Waals surface area contributed by atoms with Gasteiger partial charge in [-0.25, -0.2) is 0 Å². The van der Waals surface area contributed by atoms with E-state index in [1.165, 1.54) is 0 Å². The SMILES string of the molecule is CC(C)C1([O-])CCCC1.[I-].[Mg+2]. The molecule has 62 valence electrons. The van der Waals surface area contributed by atoms with E-state index in [-0.39, 0.29) is 47.0 Å². The first-order chi connectivity index (χ1) is 4.15. The molecule has 0 spiro atoms. The summed E-state index contributed by atoms with van der Waals surface area (Å²) in [4.78, 5) is 0. The number of rotatable bonds is 1. The number of hydrogen-bond donors (Lipinski definition) is 0. The topological polar surface area (TPSA) is 23.1 Å². The Kier molecular flexibility index (Phi) is 8.15. The van der Waals surface area contributed by atoms with Crippen LogP contribution in [0, 0.1) is 5.92 Å². The van der Waals surface area contributed by atoms with Crippen molar-refractivity contribution in [1.82, 2.24) is 0 Å². The molecule has 0 saturated heterocycles. The molecule has 0 aromatic rings. The van der Waals surface area contributed by atoms with Gasteiger partial charge in [0.2, 0.25) is 0 Å². The third kappa shape index (κ3) is 3.78. The van der Waals surface area contributed by atoms with Crippen molar-refractivity contribution in [2.75, 3.05) is 0 Å². The monoisotopic (exact) mass is 278 g/mol. The molecule has 1 aliphatic carbocycles. The summed E-state index contributed by atoms with van der Waals surface area (Å²) < 4.78 is 0. The molecule has 0 aromatic carbocycles. The second-order valence-electron chi connectivity index (χ2n) is 3.43. The zero-order valence-electron chi connectivity index (χ0n) is 7.40. The quantitative estimate of drug-likeness (QED) is 0.400. The molecule has 0 heterocycles. The molecule has 1 fully saturated rings. The Labute approximate surface area is 102 Å². The van der Waals surface area contributed by atoms with Gasteiger partial charge in [0.1, 0.15) is 0 Å². The smallest absolute Gasteiger partial charge is 1.00 e. The van der Waals surface area contributed by atoms with Gasteiger partial charge in [-0.05, 0) is 0 Å². The van der Waals surface area contributed by atoms with E-state index >= 15 is 0 Å². The third-order valence-corrected chi connectivity index (χ3v) is 2.50. The van der Waals surface area contributed by atoms with E-state index in [1.54, 1.807) is 0 Å². The summed E-state index contributed by atoms with van der Waals surface area (Å²) in [5.74, 6) is 0.333. The molecular formula is C8H15IMgO. The molecule has 0 unspecified atom stereocenters. The summed E-state index contributed by atoms with van der Waals surface area (Å²) in [5, 5.41) is 11.6. The summed E-state index contributed by atoms with van der Waals surface area (Å²) in [7, 11) is 0. The second-order valence-corrected chi connectivity index (χ2v) is 3.43. The van der Waals surface area contributed by atoms with Crippen LogP contribution in [0.4, 0.5) is 0 Å². The van der Waals surface area contributed by atoms with Crippen molar-refractivity contribution in [3.63, 3.8) is 0 Å². The van der Waals surface area contributed by atoms with Crippen LogP contribution in [0.2, 0.25) is 0 Å².